The van der Waals surface area contributed by atoms with E-state index in [0.717, 1.165) is 25.0 Å². The number of halogens is 1. The zero-order chi connectivity index (χ0) is 17.5. The van der Waals surface area contributed by atoms with Crippen LogP contribution in [0.3, 0.4) is 0 Å². The number of hydrogen-bond acceptors (Lipinski definition) is 4. The Morgan fingerprint density at radius 3 is 3.04 bits per heavy atom. The highest BCUT2D eigenvalue weighted by Gasteiger charge is 2.15. The summed E-state index contributed by atoms with van der Waals surface area (Å²) < 4.78 is 24.5. The second-order valence-corrected chi connectivity index (χ2v) is 6.13. The summed E-state index contributed by atoms with van der Waals surface area (Å²) in [6.45, 7) is 1.98. The van der Waals surface area contributed by atoms with Crippen molar-refractivity contribution in [3.8, 4) is 11.6 Å². The van der Waals surface area contributed by atoms with Crippen LogP contribution in [0.5, 0.6) is 11.6 Å². The Bertz CT molecular complexity index is 723. The summed E-state index contributed by atoms with van der Waals surface area (Å²) in [5.74, 6) is 0.467. The Labute approximate surface area is 151 Å². The molecule has 2 N–H and O–H groups in total. The van der Waals surface area contributed by atoms with Gasteiger partial charge in [0.05, 0.1) is 6.10 Å². The largest absolute Gasteiger partial charge is 0.439 e. The minimum atomic E-state index is -0.354. The van der Waals surface area contributed by atoms with Crippen LogP contribution in [-0.4, -0.2) is 29.4 Å². The summed E-state index contributed by atoms with van der Waals surface area (Å²) in [5, 5.41) is 6.84. The second kappa shape index (κ2) is 8.73. The van der Waals surface area contributed by atoms with Crippen LogP contribution in [0.4, 0.5) is 4.39 Å². The van der Waals surface area contributed by atoms with Crippen molar-refractivity contribution in [1.29, 1.82) is 0 Å². The normalized spacial score (nSPS) is 16.4. The molecule has 1 aliphatic rings. The molecule has 1 aliphatic heterocycles. The van der Waals surface area contributed by atoms with Crippen LogP contribution < -0.4 is 15.4 Å². The molecule has 25 heavy (non-hydrogen) atoms. The number of nitrogens with one attached hydrogen (secondary N) is 2. The SMILES string of the molecule is Fc1cccc(Oc2ncccc2CNC(=S)NCC2CCCO2)c1. The van der Waals surface area contributed by atoms with Gasteiger partial charge in [-0.2, -0.15) is 0 Å². The van der Waals surface area contributed by atoms with Crippen LogP contribution >= 0.6 is 12.2 Å². The van der Waals surface area contributed by atoms with E-state index in [1.165, 1.54) is 12.1 Å². The van der Waals surface area contributed by atoms with Crippen LogP contribution in [0.2, 0.25) is 0 Å². The summed E-state index contributed by atoms with van der Waals surface area (Å²) in [7, 11) is 0. The monoisotopic (exact) mass is 361 g/mol. The zero-order valence-electron chi connectivity index (χ0n) is 13.7. The molecule has 1 atom stereocenters. The Hall–Kier alpha value is -2.25. The van der Waals surface area contributed by atoms with Gasteiger partial charge in [-0.15, -0.1) is 0 Å². The van der Waals surface area contributed by atoms with Gasteiger partial charge in [-0.25, -0.2) is 9.37 Å². The number of ether oxygens (including phenoxy) is 2. The number of thiocarbonyl (C=S) groups is 1. The molecule has 0 bridgehead atoms. The van der Waals surface area contributed by atoms with Gasteiger partial charge in [0, 0.05) is 37.5 Å². The first kappa shape index (κ1) is 17.6. The van der Waals surface area contributed by atoms with E-state index in [2.05, 4.69) is 15.6 Å². The minimum absolute atomic E-state index is 0.227. The third-order valence-corrected chi connectivity index (χ3v) is 4.10. The highest BCUT2D eigenvalue weighted by Crippen LogP contribution is 2.23. The summed E-state index contributed by atoms with van der Waals surface area (Å²) in [6, 6.07) is 9.67. The molecule has 0 aliphatic carbocycles. The molecule has 1 unspecified atom stereocenters. The van der Waals surface area contributed by atoms with Gasteiger partial charge in [-0.05, 0) is 43.3 Å². The lowest BCUT2D eigenvalue weighted by atomic mass is 10.2. The molecule has 0 radical (unpaired) electrons. The average Bonchev–Trinajstić information content (AvgIpc) is 3.13. The molecule has 0 saturated carbocycles. The fraction of sp³-hybridized carbons (Fsp3) is 0.333. The fourth-order valence-corrected chi connectivity index (χ4v) is 2.70. The highest BCUT2D eigenvalue weighted by molar-refractivity contribution is 7.80. The molecular weight excluding hydrogens is 341 g/mol. The van der Waals surface area contributed by atoms with Crippen LogP contribution in [0.1, 0.15) is 18.4 Å². The molecule has 3 rings (SSSR count). The third-order valence-electron chi connectivity index (χ3n) is 3.81. The summed E-state index contributed by atoms with van der Waals surface area (Å²) in [5.41, 5.74) is 0.827. The fourth-order valence-electron chi connectivity index (χ4n) is 2.54. The van der Waals surface area contributed by atoms with Gasteiger partial charge in [0.2, 0.25) is 5.88 Å². The smallest absolute Gasteiger partial charge is 0.224 e. The van der Waals surface area contributed by atoms with E-state index in [1.807, 2.05) is 12.1 Å². The van der Waals surface area contributed by atoms with Gasteiger partial charge < -0.3 is 20.1 Å². The van der Waals surface area contributed by atoms with Gasteiger partial charge in [-0.1, -0.05) is 12.1 Å². The van der Waals surface area contributed by atoms with Crippen molar-refractivity contribution in [2.24, 2.45) is 0 Å². The van der Waals surface area contributed by atoms with E-state index in [-0.39, 0.29) is 11.9 Å². The average molecular weight is 361 g/mol. The van der Waals surface area contributed by atoms with Crippen LogP contribution in [0.25, 0.3) is 0 Å². The molecular formula is C18H20FN3O2S. The lowest BCUT2D eigenvalue weighted by Crippen LogP contribution is -2.39. The molecule has 0 amide bonds. The molecule has 2 heterocycles. The predicted molar refractivity (Wildman–Crippen MR) is 97.1 cm³/mol. The first-order valence-electron chi connectivity index (χ1n) is 8.21. The Balaban J connectivity index is 1.54. The summed E-state index contributed by atoms with van der Waals surface area (Å²) in [4.78, 5) is 4.22. The molecule has 132 valence electrons. The van der Waals surface area contributed by atoms with Crippen LogP contribution in [0.15, 0.2) is 42.6 Å². The van der Waals surface area contributed by atoms with Gasteiger partial charge in [0.15, 0.2) is 5.11 Å². The molecule has 1 aromatic carbocycles. The molecule has 7 heteroatoms. The molecule has 1 aromatic heterocycles. The molecule has 1 saturated heterocycles. The molecule has 2 aromatic rings. The van der Waals surface area contributed by atoms with E-state index in [0.29, 0.717) is 29.8 Å². The number of pyridine rings is 1. The highest BCUT2D eigenvalue weighted by atomic mass is 32.1. The van der Waals surface area contributed by atoms with Crippen molar-refractivity contribution in [2.75, 3.05) is 13.2 Å². The summed E-state index contributed by atoms with van der Waals surface area (Å²) >= 11 is 5.29. The number of rotatable bonds is 6. The van der Waals surface area contributed by atoms with E-state index < -0.39 is 0 Å². The van der Waals surface area contributed by atoms with Crippen molar-refractivity contribution < 1.29 is 13.9 Å². The predicted octanol–water partition coefficient (Wildman–Crippen LogP) is 3.16. The Kier molecular flexibility index (Phi) is 6.14. The van der Waals surface area contributed by atoms with Crippen LogP contribution in [-0.2, 0) is 11.3 Å². The molecule has 5 nitrogen and oxygen atoms in total. The van der Waals surface area contributed by atoms with E-state index in [4.69, 9.17) is 21.7 Å². The first-order valence-corrected chi connectivity index (χ1v) is 8.62. The maximum atomic E-state index is 13.3. The number of aromatic nitrogens is 1. The Morgan fingerprint density at radius 1 is 1.32 bits per heavy atom. The van der Waals surface area contributed by atoms with E-state index >= 15 is 0 Å². The number of benzene rings is 1. The van der Waals surface area contributed by atoms with E-state index in [1.54, 1.807) is 18.3 Å². The Morgan fingerprint density at radius 2 is 2.24 bits per heavy atom. The topological polar surface area (TPSA) is 55.4 Å². The van der Waals surface area contributed by atoms with Crippen molar-refractivity contribution in [1.82, 2.24) is 15.6 Å². The van der Waals surface area contributed by atoms with E-state index in [9.17, 15) is 4.39 Å². The van der Waals surface area contributed by atoms with Crippen molar-refractivity contribution in [3.05, 3.63) is 54.0 Å². The van der Waals surface area contributed by atoms with Gasteiger partial charge in [-0.3, -0.25) is 0 Å². The lowest BCUT2D eigenvalue weighted by molar-refractivity contribution is 0.114. The minimum Gasteiger partial charge on any atom is -0.439 e. The standard InChI is InChI=1S/C18H20FN3O2S/c19-14-5-1-6-15(10-14)24-17-13(4-2-8-20-17)11-21-18(25)22-12-16-7-3-9-23-16/h1-2,4-6,8,10,16H,3,7,9,11-12H2,(H2,21,22,25). The van der Waals surface area contributed by atoms with Gasteiger partial charge in [0.1, 0.15) is 11.6 Å². The lowest BCUT2D eigenvalue weighted by Gasteiger charge is -2.15. The maximum absolute atomic E-state index is 13.3. The number of nitrogens with zero attached hydrogens (tertiary/aromatic N) is 1. The van der Waals surface area contributed by atoms with Gasteiger partial charge in [0.25, 0.3) is 0 Å². The van der Waals surface area contributed by atoms with Crippen molar-refractivity contribution in [3.63, 3.8) is 0 Å². The second-order valence-electron chi connectivity index (χ2n) is 5.73. The van der Waals surface area contributed by atoms with Crippen molar-refractivity contribution in [2.45, 2.75) is 25.5 Å². The van der Waals surface area contributed by atoms with Crippen LogP contribution in [0, 0.1) is 5.82 Å². The quantitative estimate of drug-likeness (QED) is 0.771. The maximum Gasteiger partial charge on any atom is 0.224 e. The number of hydrogen-bond donors (Lipinski definition) is 2. The molecule has 0 spiro atoms. The first-order chi connectivity index (χ1) is 12.2. The zero-order valence-corrected chi connectivity index (χ0v) is 14.5. The third kappa shape index (κ3) is 5.37. The van der Waals surface area contributed by atoms with Crippen molar-refractivity contribution >= 4 is 17.3 Å². The van der Waals surface area contributed by atoms with Gasteiger partial charge >= 0.3 is 0 Å². The summed E-state index contributed by atoms with van der Waals surface area (Å²) in [6.07, 6.45) is 4.02. The molecule has 1 fully saturated rings.